The van der Waals surface area contributed by atoms with Gasteiger partial charge in [0.05, 0.1) is 11.8 Å². The number of ether oxygens (including phenoxy) is 1. The van der Waals surface area contributed by atoms with E-state index in [1.165, 1.54) is 6.08 Å². The number of rotatable bonds is 4. The molecule has 0 aromatic carbocycles. The molecule has 0 spiro atoms. The van der Waals surface area contributed by atoms with Crippen LogP contribution in [0, 0.1) is 0 Å². The van der Waals surface area contributed by atoms with Crippen LogP contribution in [0.4, 0.5) is 0 Å². The van der Waals surface area contributed by atoms with Gasteiger partial charge in [0, 0.05) is 6.08 Å². The molecule has 0 bridgehead atoms. The van der Waals surface area contributed by atoms with Crippen molar-refractivity contribution in [3.8, 4) is 0 Å². The summed E-state index contributed by atoms with van der Waals surface area (Å²) in [4.78, 5) is 19.8. The summed E-state index contributed by atoms with van der Waals surface area (Å²) in [6, 6.07) is 0. The van der Waals surface area contributed by atoms with Crippen LogP contribution in [-0.4, -0.2) is 17.0 Å². The molecule has 0 unspecified atom stereocenters. The molecule has 0 fully saturated rings. The van der Waals surface area contributed by atoms with Crippen LogP contribution in [0.3, 0.4) is 0 Å². The van der Waals surface area contributed by atoms with E-state index in [2.05, 4.69) is 31.1 Å². The van der Waals surface area contributed by atoms with Crippen molar-refractivity contribution in [1.82, 2.24) is 0 Å². The van der Waals surface area contributed by atoms with Crippen LogP contribution in [0.5, 0.6) is 0 Å². The van der Waals surface area contributed by atoms with E-state index in [9.17, 15) is 9.59 Å². The zero-order valence-electron chi connectivity index (χ0n) is 7.73. The van der Waals surface area contributed by atoms with Crippen LogP contribution in [-0.2, 0) is 14.3 Å². The Morgan fingerprint density at radius 2 is 1.64 bits per heavy atom. The highest BCUT2D eigenvalue weighted by atomic mass is 16.5. The van der Waals surface area contributed by atoms with Gasteiger partial charge in [0.2, 0.25) is 0 Å². The third-order valence-electron chi connectivity index (χ3n) is 0.887. The third kappa shape index (κ3) is 9.90. The van der Waals surface area contributed by atoms with Gasteiger partial charge < -0.3 is 9.84 Å². The molecule has 4 heteroatoms. The van der Waals surface area contributed by atoms with Gasteiger partial charge in [-0.3, -0.25) is 0 Å². The molecule has 76 valence electrons. The first kappa shape index (κ1) is 14.4. The molecule has 0 atom stereocenters. The second-order valence-corrected chi connectivity index (χ2v) is 1.84. The van der Waals surface area contributed by atoms with Gasteiger partial charge in [-0.1, -0.05) is 32.4 Å². The number of carbonyl (C=O) groups is 2. The number of esters is 1. The Kier molecular flexibility index (Phi) is 9.27. The Morgan fingerprint density at radius 1 is 1.14 bits per heavy atom. The molecule has 0 amide bonds. The molecular weight excluding hydrogens is 184 g/mol. The lowest BCUT2D eigenvalue weighted by Crippen LogP contribution is -1.93. The van der Waals surface area contributed by atoms with Gasteiger partial charge in [-0.15, -0.1) is 0 Å². The minimum Gasteiger partial charge on any atom is -0.478 e. The molecule has 0 aromatic heterocycles. The highest BCUT2D eigenvalue weighted by Gasteiger charge is 1.93. The number of hydrogen-bond donors (Lipinski definition) is 1. The molecule has 0 rings (SSSR count). The number of carboxylic acids is 1. The number of carboxylic acid groups (broad SMARTS) is 1. The molecule has 0 aliphatic carbocycles. The zero-order chi connectivity index (χ0) is 11.6. The summed E-state index contributed by atoms with van der Waals surface area (Å²) < 4.78 is 4.20. The third-order valence-corrected chi connectivity index (χ3v) is 0.887. The Balaban J connectivity index is 0. The van der Waals surface area contributed by atoms with Crippen molar-refractivity contribution in [2.75, 3.05) is 0 Å². The van der Waals surface area contributed by atoms with Crippen LogP contribution < -0.4 is 0 Å². The number of hydrogen-bond acceptors (Lipinski definition) is 3. The van der Waals surface area contributed by atoms with Gasteiger partial charge in [-0.25, -0.2) is 9.59 Å². The molecule has 0 aliphatic rings. The van der Waals surface area contributed by atoms with Crippen molar-refractivity contribution in [1.29, 1.82) is 0 Å². The predicted octanol–water partition coefficient (Wildman–Crippen LogP) is 1.67. The summed E-state index contributed by atoms with van der Waals surface area (Å²) >= 11 is 0. The van der Waals surface area contributed by atoms with E-state index in [4.69, 9.17) is 5.11 Å². The zero-order valence-corrected chi connectivity index (χ0v) is 7.73. The van der Waals surface area contributed by atoms with Crippen LogP contribution in [0.25, 0.3) is 0 Å². The van der Waals surface area contributed by atoms with Crippen molar-refractivity contribution in [2.24, 2.45) is 0 Å². The van der Waals surface area contributed by atoms with Crippen LogP contribution in [0.2, 0.25) is 0 Å². The van der Waals surface area contributed by atoms with E-state index in [0.717, 1.165) is 12.3 Å². The lowest BCUT2D eigenvalue weighted by Gasteiger charge is -1.85. The summed E-state index contributed by atoms with van der Waals surface area (Å²) in [7, 11) is 0. The second kappa shape index (κ2) is 8.99. The van der Waals surface area contributed by atoms with Gasteiger partial charge in [-0.05, 0) is 0 Å². The molecular formula is C10H12O4. The average molecular weight is 196 g/mol. The second-order valence-electron chi connectivity index (χ2n) is 1.84. The molecule has 1 N–H and O–H groups in total. The SMILES string of the molecule is C=CC(=C)C(=O)O.C=COC(=O)C=C. The molecule has 0 aromatic rings. The van der Waals surface area contributed by atoms with E-state index >= 15 is 0 Å². The van der Waals surface area contributed by atoms with Gasteiger partial charge in [0.15, 0.2) is 0 Å². The summed E-state index contributed by atoms with van der Waals surface area (Å²) in [6.45, 7) is 12.7. The fraction of sp³-hybridized carbons (Fsp3) is 0. The Hall–Kier alpha value is -2.10. The van der Waals surface area contributed by atoms with Crippen molar-refractivity contribution < 1.29 is 19.4 Å². The fourth-order valence-electron chi connectivity index (χ4n) is 0.218. The van der Waals surface area contributed by atoms with Crippen molar-refractivity contribution >= 4 is 11.9 Å². The van der Waals surface area contributed by atoms with Gasteiger partial charge in [0.25, 0.3) is 0 Å². The lowest BCUT2D eigenvalue weighted by atomic mass is 10.3. The molecule has 0 saturated heterocycles. The van der Waals surface area contributed by atoms with E-state index < -0.39 is 11.9 Å². The van der Waals surface area contributed by atoms with E-state index in [-0.39, 0.29) is 5.57 Å². The van der Waals surface area contributed by atoms with Crippen LogP contribution in [0.15, 0.2) is 50.3 Å². The minimum atomic E-state index is -1.02. The summed E-state index contributed by atoms with van der Waals surface area (Å²) in [5, 5.41) is 8.01. The molecule has 0 heterocycles. The maximum atomic E-state index is 10.0. The molecule has 0 saturated carbocycles. The lowest BCUT2D eigenvalue weighted by molar-refractivity contribution is -0.133. The highest BCUT2D eigenvalue weighted by Crippen LogP contribution is 1.86. The maximum Gasteiger partial charge on any atom is 0.335 e. The maximum absolute atomic E-state index is 10.0. The molecule has 4 nitrogen and oxygen atoms in total. The first-order valence-electron chi connectivity index (χ1n) is 3.48. The van der Waals surface area contributed by atoms with Crippen molar-refractivity contribution in [2.45, 2.75) is 0 Å². The van der Waals surface area contributed by atoms with Crippen LogP contribution >= 0.6 is 0 Å². The number of aliphatic carboxylic acids is 1. The minimum absolute atomic E-state index is 0.0278. The average Bonchev–Trinajstić information content (AvgIpc) is 2.17. The van der Waals surface area contributed by atoms with Crippen molar-refractivity contribution in [3.05, 3.63) is 50.3 Å². The van der Waals surface area contributed by atoms with E-state index in [0.29, 0.717) is 0 Å². The highest BCUT2D eigenvalue weighted by molar-refractivity contribution is 5.88. The summed E-state index contributed by atoms with van der Waals surface area (Å²) in [5.41, 5.74) is 0.0278. The standard InChI is InChI=1S/2C5H6O2/c1-3-5(6)7-4-2;1-3-4(2)5(6)7/h3-4H,1-2H2;3H,1-2H2,(H,6,7). The van der Waals surface area contributed by atoms with Crippen LogP contribution in [0.1, 0.15) is 0 Å². The fourth-order valence-corrected chi connectivity index (χ4v) is 0.218. The number of carbonyl (C=O) groups excluding carboxylic acids is 1. The molecule has 14 heavy (non-hydrogen) atoms. The normalized spacial score (nSPS) is 7.14. The largest absolute Gasteiger partial charge is 0.478 e. The summed E-state index contributed by atoms with van der Waals surface area (Å²) in [6.07, 6.45) is 3.33. The van der Waals surface area contributed by atoms with E-state index in [1.54, 1.807) is 0 Å². The smallest absolute Gasteiger partial charge is 0.335 e. The topological polar surface area (TPSA) is 63.6 Å². The van der Waals surface area contributed by atoms with E-state index in [1.807, 2.05) is 0 Å². The quantitative estimate of drug-likeness (QED) is 0.321. The Bertz CT molecular complexity index is 261. The predicted molar refractivity (Wildman–Crippen MR) is 53.5 cm³/mol. The van der Waals surface area contributed by atoms with Gasteiger partial charge in [0.1, 0.15) is 0 Å². The Morgan fingerprint density at radius 3 is 1.71 bits per heavy atom. The first-order chi connectivity index (χ1) is 6.49. The van der Waals surface area contributed by atoms with Gasteiger partial charge in [-0.2, -0.15) is 0 Å². The molecule has 0 aliphatic heterocycles. The van der Waals surface area contributed by atoms with Gasteiger partial charge >= 0.3 is 11.9 Å². The molecule has 0 radical (unpaired) electrons. The van der Waals surface area contributed by atoms with Crippen molar-refractivity contribution in [3.63, 3.8) is 0 Å². The summed E-state index contributed by atoms with van der Waals surface area (Å²) in [5.74, 6) is -1.50. The first-order valence-corrected chi connectivity index (χ1v) is 3.48. The Labute approximate surface area is 82.5 Å². The monoisotopic (exact) mass is 196 g/mol.